The molecule has 0 fully saturated rings. The molecule has 0 unspecified atom stereocenters. The van der Waals surface area contributed by atoms with Crippen LogP contribution in [0.3, 0.4) is 0 Å². The highest BCUT2D eigenvalue weighted by Gasteiger charge is 2.21. The number of aryl methyl sites for hydroxylation is 1. The third-order valence-electron chi connectivity index (χ3n) is 4.25. The fourth-order valence-electron chi connectivity index (χ4n) is 3.12. The van der Waals surface area contributed by atoms with Crippen LogP contribution in [0.15, 0.2) is 48.5 Å². The Bertz CT molecular complexity index is 685. The largest absolute Gasteiger partial charge is 0.495 e. The summed E-state index contributed by atoms with van der Waals surface area (Å²) in [5, 5.41) is 6.28. The summed E-state index contributed by atoms with van der Waals surface area (Å²) in [5.41, 5.74) is 3.43. The average Bonchev–Trinajstić information content (AvgIpc) is 2.60. The van der Waals surface area contributed by atoms with Crippen molar-refractivity contribution in [2.24, 2.45) is 0 Å². The number of methoxy groups -OCH3 is 1. The summed E-state index contributed by atoms with van der Waals surface area (Å²) in [7, 11) is 1.62. The van der Waals surface area contributed by atoms with Crippen LogP contribution in [-0.4, -0.2) is 19.6 Å². The minimum atomic E-state index is -0.00221. The molecule has 1 atom stereocenters. The molecule has 2 N–H and O–H groups in total. The van der Waals surface area contributed by atoms with Gasteiger partial charge in [-0.25, -0.2) is 0 Å². The standard InChI is InChI=1S/C19H22N2O2/c1-23-18-12-5-4-10-17(18)20-13-19(22)21-16-11-6-8-14-7-2-3-9-15(14)16/h2-5,7,9-10,12,16,20H,6,8,11,13H2,1H3,(H,21,22)/t16-/m0/s1. The molecule has 1 amide bonds. The fourth-order valence-corrected chi connectivity index (χ4v) is 3.12. The number of benzene rings is 2. The maximum Gasteiger partial charge on any atom is 0.239 e. The van der Waals surface area contributed by atoms with Crippen molar-refractivity contribution in [3.05, 3.63) is 59.7 Å². The van der Waals surface area contributed by atoms with Gasteiger partial charge in [-0.05, 0) is 42.5 Å². The first-order valence-electron chi connectivity index (χ1n) is 8.02. The van der Waals surface area contributed by atoms with Crippen molar-refractivity contribution in [1.29, 1.82) is 0 Å². The Morgan fingerprint density at radius 2 is 1.96 bits per heavy atom. The Balaban J connectivity index is 1.60. The first-order valence-corrected chi connectivity index (χ1v) is 8.02. The molecule has 0 aliphatic heterocycles. The van der Waals surface area contributed by atoms with Gasteiger partial charge in [0.15, 0.2) is 0 Å². The Kier molecular flexibility index (Phi) is 4.81. The number of rotatable bonds is 5. The maximum atomic E-state index is 12.3. The van der Waals surface area contributed by atoms with Crippen LogP contribution in [-0.2, 0) is 11.2 Å². The van der Waals surface area contributed by atoms with Crippen molar-refractivity contribution >= 4 is 11.6 Å². The molecule has 0 spiro atoms. The summed E-state index contributed by atoms with van der Waals surface area (Å²) < 4.78 is 5.28. The van der Waals surface area contributed by atoms with Gasteiger partial charge >= 0.3 is 0 Å². The zero-order valence-corrected chi connectivity index (χ0v) is 13.3. The third-order valence-corrected chi connectivity index (χ3v) is 4.25. The van der Waals surface area contributed by atoms with Crippen LogP contribution >= 0.6 is 0 Å². The lowest BCUT2D eigenvalue weighted by Crippen LogP contribution is -2.35. The van der Waals surface area contributed by atoms with Crippen molar-refractivity contribution < 1.29 is 9.53 Å². The number of anilines is 1. The minimum absolute atomic E-state index is 0.00221. The first-order chi connectivity index (χ1) is 11.3. The van der Waals surface area contributed by atoms with E-state index in [0.717, 1.165) is 30.7 Å². The SMILES string of the molecule is COc1ccccc1NCC(=O)N[C@H]1CCCc2ccccc21. The van der Waals surface area contributed by atoms with Crippen LogP contribution in [0.5, 0.6) is 5.75 Å². The van der Waals surface area contributed by atoms with Crippen molar-refractivity contribution in [1.82, 2.24) is 5.32 Å². The predicted molar refractivity (Wildman–Crippen MR) is 91.7 cm³/mol. The normalized spacial score (nSPS) is 16.3. The number of para-hydroxylation sites is 2. The van der Waals surface area contributed by atoms with Crippen LogP contribution in [0.4, 0.5) is 5.69 Å². The zero-order chi connectivity index (χ0) is 16.1. The Morgan fingerprint density at radius 3 is 2.83 bits per heavy atom. The summed E-state index contributed by atoms with van der Waals surface area (Å²) >= 11 is 0. The molecule has 3 rings (SSSR count). The van der Waals surface area contributed by atoms with E-state index in [2.05, 4.69) is 28.8 Å². The molecular formula is C19H22N2O2. The summed E-state index contributed by atoms with van der Waals surface area (Å²) in [6, 6.07) is 16.1. The van der Waals surface area contributed by atoms with E-state index in [1.165, 1.54) is 11.1 Å². The Hall–Kier alpha value is -2.49. The quantitative estimate of drug-likeness (QED) is 0.891. The molecular weight excluding hydrogens is 288 g/mol. The van der Waals surface area contributed by atoms with Gasteiger partial charge in [-0.2, -0.15) is 0 Å². The molecule has 4 nitrogen and oxygen atoms in total. The van der Waals surface area contributed by atoms with E-state index >= 15 is 0 Å². The van der Waals surface area contributed by atoms with Gasteiger partial charge in [-0.1, -0.05) is 36.4 Å². The molecule has 0 radical (unpaired) electrons. The second-order valence-electron chi connectivity index (χ2n) is 5.76. The summed E-state index contributed by atoms with van der Waals surface area (Å²) in [6.07, 6.45) is 3.21. The maximum absolute atomic E-state index is 12.3. The van der Waals surface area contributed by atoms with Crippen molar-refractivity contribution in [3.8, 4) is 5.75 Å². The summed E-state index contributed by atoms with van der Waals surface area (Å²) in [5.74, 6) is 0.737. The molecule has 0 aromatic heterocycles. The van der Waals surface area contributed by atoms with Gasteiger partial charge in [0.1, 0.15) is 5.75 Å². The van der Waals surface area contributed by atoms with E-state index in [1.807, 2.05) is 30.3 Å². The smallest absolute Gasteiger partial charge is 0.239 e. The number of fused-ring (bicyclic) bond motifs is 1. The van der Waals surface area contributed by atoms with E-state index in [0.29, 0.717) is 0 Å². The summed E-state index contributed by atoms with van der Waals surface area (Å²) in [6.45, 7) is 0.235. The topological polar surface area (TPSA) is 50.4 Å². The number of carbonyl (C=O) groups excluding carboxylic acids is 1. The van der Waals surface area contributed by atoms with Gasteiger partial charge < -0.3 is 15.4 Å². The van der Waals surface area contributed by atoms with E-state index in [1.54, 1.807) is 7.11 Å². The molecule has 0 saturated carbocycles. The molecule has 1 aliphatic carbocycles. The highest BCUT2D eigenvalue weighted by molar-refractivity contribution is 5.81. The second kappa shape index (κ2) is 7.18. The third kappa shape index (κ3) is 3.65. The van der Waals surface area contributed by atoms with E-state index in [4.69, 9.17) is 4.74 Å². The molecule has 4 heteroatoms. The van der Waals surface area contributed by atoms with E-state index in [-0.39, 0.29) is 18.5 Å². The van der Waals surface area contributed by atoms with Gasteiger partial charge in [-0.15, -0.1) is 0 Å². The van der Waals surface area contributed by atoms with Crippen LogP contribution in [0.2, 0.25) is 0 Å². The van der Waals surface area contributed by atoms with Gasteiger partial charge in [0, 0.05) is 0 Å². The number of carbonyl (C=O) groups is 1. The Labute approximate surface area is 136 Å². The van der Waals surface area contributed by atoms with Crippen LogP contribution in [0, 0.1) is 0 Å². The Morgan fingerprint density at radius 1 is 1.17 bits per heavy atom. The van der Waals surface area contributed by atoms with Crippen molar-refractivity contribution in [2.45, 2.75) is 25.3 Å². The van der Waals surface area contributed by atoms with Crippen molar-refractivity contribution in [2.75, 3.05) is 19.0 Å². The number of hydrogen-bond acceptors (Lipinski definition) is 3. The molecule has 0 heterocycles. The van der Waals surface area contributed by atoms with Crippen LogP contribution in [0.25, 0.3) is 0 Å². The molecule has 1 aliphatic rings. The lowest BCUT2D eigenvalue weighted by atomic mass is 9.88. The van der Waals surface area contributed by atoms with Gasteiger partial charge in [0.25, 0.3) is 0 Å². The number of amides is 1. The minimum Gasteiger partial charge on any atom is -0.495 e. The van der Waals surface area contributed by atoms with E-state index < -0.39 is 0 Å². The molecule has 120 valence electrons. The molecule has 2 aromatic rings. The predicted octanol–water partition coefficient (Wildman–Crippen LogP) is 3.30. The number of hydrogen-bond donors (Lipinski definition) is 2. The highest BCUT2D eigenvalue weighted by atomic mass is 16.5. The van der Waals surface area contributed by atoms with Crippen molar-refractivity contribution in [3.63, 3.8) is 0 Å². The monoisotopic (exact) mass is 310 g/mol. The number of ether oxygens (including phenoxy) is 1. The van der Waals surface area contributed by atoms with Crippen LogP contribution in [0.1, 0.15) is 30.0 Å². The van der Waals surface area contributed by atoms with Gasteiger partial charge in [-0.3, -0.25) is 4.79 Å². The van der Waals surface area contributed by atoms with E-state index in [9.17, 15) is 4.79 Å². The zero-order valence-electron chi connectivity index (χ0n) is 13.3. The van der Waals surface area contributed by atoms with Gasteiger partial charge in [0.05, 0.1) is 25.4 Å². The lowest BCUT2D eigenvalue weighted by molar-refractivity contribution is -0.120. The number of nitrogens with one attached hydrogen (secondary N) is 2. The molecule has 2 aromatic carbocycles. The molecule has 23 heavy (non-hydrogen) atoms. The lowest BCUT2D eigenvalue weighted by Gasteiger charge is -2.26. The molecule has 0 saturated heterocycles. The highest BCUT2D eigenvalue weighted by Crippen LogP contribution is 2.29. The second-order valence-corrected chi connectivity index (χ2v) is 5.76. The van der Waals surface area contributed by atoms with Gasteiger partial charge in [0.2, 0.25) is 5.91 Å². The molecule has 0 bridgehead atoms. The fraction of sp³-hybridized carbons (Fsp3) is 0.316. The summed E-state index contributed by atoms with van der Waals surface area (Å²) in [4.78, 5) is 12.3. The first kappa shape index (κ1) is 15.4. The average molecular weight is 310 g/mol. The van der Waals surface area contributed by atoms with Crippen LogP contribution < -0.4 is 15.4 Å².